The van der Waals surface area contributed by atoms with Gasteiger partial charge in [-0.1, -0.05) is 45.0 Å². The molecule has 0 spiro atoms. The Labute approximate surface area is 127 Å². The summed E-state index contributed by atoms with van der Waals surface area (Å²) >= 11 is 0. The molecular weight excluding hydrogens is 266 g/mol. The molecule has 3 N–H and O–H groups in total. The second kappa shape index (κ2) is 8.80. The number of aliphatic hydroxyl groups is 1. The molecule has 118 valence electrons. The normalized spacial score (nSPS) is 14.1. The standard InChI is InChI=1S/C17H27NO3/c1-4-15(17(20)21)18-10-9-16(19)14-7-5-13(6-8-14)11-12(2)3/h5-8,12,15-16,18-19H,4,9-11H2,1-3H3,(H,20,21). The fraction of sp³-hybridized carbons (Fsp3) is 0.588. The van der Waals surface area contributed by atoms with Crippen molar-refractivity contribution in [1.29, 1.82) is 0 Å². The molecule has 0 saturated carbocycles. The number of hydrogen-bond donors (Lipinski definition) is 3. The monoisotopic (exact) mass is 293 g/mol. The van der Waals surface area contributed by atoms with E-state index in [1.807, 2.05) is 19.1 Å². The van der Waals surface area contributed by atoms with Gasteiger partial charge in [-0.25, -0.2) is 0 Å². The number of carbonyl (C=O) groups is 1. The maximum atomic E-state index is 10.9. The molecule has 1 aromatic carbocycles. The predicted molar refractivity (Wildman–Crippen MR) is 84.3 cm³/mol. The molecule has 0 radical (unpaired) electrons. The van der Waals surface area contributed by atoms with Gasteiger partial charge < -0.3 is 15.5 Å². The molecule has 21 heavy (non-hydrogen) atoms. The van der Waals surface area contributed by atoms with E-state index in [2.05, 4.69) is 31.3 Å². The smallest absolute Gasteiger partial charge is 0.320 e. The van der Waals surface area contributed by atoms with Gasteiger partial charge in [0.1, 0.15) is 6.04 Å². The molecule has 0 bridgehead atoms. The maximum Gasteiger partial charge on any atom is 0.320 e. The summed E-state index contributed by atoms with van der Waals surface area (Å²) in [5.74, 6) is -0.225. The number of benzene rings is 1. The van der Waals surface area contributed by atoms with Crippen LogP contribution in [-0.4, -0.2) is 28.8 Å². The van der Waals surface area contributed by atoms with Crippen LogP contribution in [0.15, 0.2) is 24.3 Å². The third-order valence-electron chi connectivity index (χ3n) is 3.52. The Balaban J connectivity index is 2.44. The molecule has 0 aliphatic carbocycles. The molecule has 4 heteroatoms. The summed E-state index contributed by atoms with van der Waals surface area (Å²) in [7, 11) is 0. The molecule has 0 aromatic heterocycles. The van der Waals surface area contributed by atoms with Crippen LogP contribution < -0.4 is 5.32 Å². The van der Waals surface area contributed by atoms with Crippen molar-refractivity contribution in [2.24, 2.45) is 5.92 Å². The van der Waals surface area contributed by atoms with Crippen molar-refractivity contribution < 1.29 is 15.0 Å². The zero-order valence-corrected chi connectivity index (χ0v) is 13.2. The minimum absolute atomic E-state index is 0.486. The number of aliphatic carboxylic acids is 1. The molecular formula is C17H27NO3. The van der Waals surface area contributed by atoms with Crippen molar-refractivity contribution in [3.05, 3.63) is 35.4 Å². The van der Waals surface area contributed by atoms with Crippen molar-refractivity contribution in [3.8, 4) is 0 Å². The van der Waals surface area contributed by atoms with Crippen molar-refractivity contribution >= 4 is 5.97 Å². The lowest BCUT2D eigenvalue weighted by atomic mass is 9.99. The predicted octanol–water partition coefficient (Wildman–Crippen LogP) is 2.76. The summed E-state index contributed by atoms with van der Waals surface area (Å²) in [5, 5.41) is 22.0. The van der Waals surface area contributed by atoms with E-state index in [4.69, 9.17) is 5.11 Å². The molecule has 4 nitrogen and oxygen atoms in total. The molecule has 0 heterocycles. The fourth-order valence-electron chi connectivity index (χ4n) is 2.31. The Hall–Kier alpha value is -1.39. The highest BCUT2D eigenvalue weighted by Gasteiger charge is 2.14. The van der Waals surface area contributed by atoms with E-state index < -0.39 is 18.1 Å². The van der Waals surface area contributed by atoms with Crippen LogP contribution in [0.4, 0.5) is 0 Å². The second-order valence-electron chi connectivity index (χ2n) is 5.90. The zero-order chi connectivity index (χ0) is 15.8. The molecule has 0 aliphatic heterocycles. The van der Waals surface area contributed by atoms with Gasteiger partial charge in [-0.3, -0.25) is 4.79 Å². The Morgan fingerprint density at radius 3 is 2.33 bits per heavy atom. The van der Waals surface area contributed by atoms with E-state index >= 15 is 0 Å². The topological polar surface area (TPSA) is 69.6 Å². The van der Waals surface area contributed by atoms with Gasteiger partial charge in [-0.2, -0.15) is 0 Å². The van der Waals surface area contributed by atoms with Gasteiger partial charge in [-0.15, -0.1) is 0 Å². The van der Waals surface area contributed by atoms with Crippen LogP contribution in [0.2, 0.25) is 0 Å². The van der Waals surface area contributed by atoms with E-state index in [0.29, 0.717) is 25.3 Å². The highest BCUT2D eigenvalue weighted by molar-refractivity contribution is 5.73. The molecule has 1 aromatic rings. The Morgan fingerprint density at radius 1 is 1.24 bits per heavy atom. The number of carboxylic acid groups (broad SMARTS) is 1. The van der Waals surface area contributed by atoms with Gasteiger partial charge in [0.25, 0.3) is 0 Å². The highest BCUT2D eigenvalue weighted by Crippen LogP contribution is 2.18. The minimum atomic E-state index is -0.843. The summed E-state index contributed by atoms with van der Waals surface area (Å²) < 4.78 is 0. The van der Waals surface area contributed by atoms with Crippen LogP contribution in [0.5, 0.6) is 0 Å². The van der Waals surface area contributed by atoms with Crippen molar-refractivity contribution in [3.63, 3.8) is 0 Å². The van der Waals surface area contributed by atoms with Crippen molar-refractivity contribution in [1.82, 2.24) is 5.32 Å². The molecule has 0 saturated heterocycles. The summed E-state index contributed by atoms with van der Waals surface area (Å²) in [6, 6.07) is 7.48. The van der Waals surface area contributed by atoms with E-state index in [-0.39, 0.29) is 0 Å². The van der Waals surface area contributed by atoms with Crippen LogP contribution in [0, 0.1) is 5.92 Å². The van der Waals surface area contributed by atoms with Crippen LogP contribution in [0.3, 0.4) is 0 Å². The van der Waals surface area contributed by atoms with Crippen LogP contribution in [0.25, 0.3) is 0 Å². The van der Waals surface area contributed by atoms with Gasteiger partial charge in [0, 0.05) is 0 Å². The Kier molecular flexibility index (Phi) is 7.40. The lowest BCUT2D eigenvalue weighted by Gasteiger charge is -2.15. The van der Waals surface area contributed by atoms with Gasteiger partial charge >= 0.3 is 5.97 Å². The Morgan fingerprint density at radius 2 is 1.86 bits per heavy atom. The van der Waals surface area contributed by atoms with Crippen LogP contribution in [0.1, 0.15) is 50.8 Å². The lowest BCUT2D eigenvalue weighted by Crippen LogP contribution is -2.37. The second-order valence-corrected chi connectivity index (χ2v) is 5.90. The minimum Gasteiger partial charge on any atom is -0.480 e. The van der Waals surface area contributed by atoms with Crippen LogP contribution >= 0.6 is 0 Å². The highest BCUT2D eigenvalue weighted by atomic mass is 16.4. The number of rotatable bonds is 9. The lowest BCUT2D eigenvalue weighted by molar-refractivity contribution is -0.139. The van der Waals surface area contributed by atoms with E-state index in [9.17, 15) is 9.90 Å². The third kappa shape index (κ3) is 6.27. The average Bonchev–Trinajstić information content (AvgIpc) is 2.43. The number of carboxylic acids is 1. The average molecular weight is 293 g/mol. The third-order valence-corrected chi connectivity index (χ3v) is 3.52. The van der Waals surface area contributed by atoms with Crippen LogP contribution in [-0.2, 0) is 11.2 Å². The van der Waals surface area contributed by atoms with Gasteiger partial charge in [0.05, 0.1) is 6.10 Å². The molecule has 0 amide bonds. The van der Waals surface area contributed by atoms with E-state index in [0.717, 1.165) is 12.0 Å². The van der Waals surface area contributed by atoms with Gasteiger partial charge in [-0.05, 0) is 42.9 Å². The number of hydrogen-bond acceptors (Lipinski definition) is 3. The number of nitrogens with one attached hydrogen (secondary N) is 1. The maximum absolute atomic E-state index is 10.9. The molecule has 2 unspecified atom stereocenters. The summed E-state index contributed by atoms with van der Waals surface area (Å²) in [6.07, 6.45) is 1.52. The largest absolute Gasteiger partial charge is 0.480 e. The molecule has 2 atom stereocenters. The molecule has 0 aliphatic rings. The first kappa shape index (κ1) is 17.7. The SMILES string of the molecule is CCC(NCCC(O)c1ccc(CC(C)C)cc1)C(=O)O. The first-order valence-corrected chi connectivity index (χ1v) is 7.67. The quantitative estimate of drug-likeness (QED) is 0.655. The molecule has 0 fully saturated rings. The summed E-state index contributed by atoms with van der Waals surface area (Å²) in [4.78, 5) is 10.9. The Bertz CT molecular complexity index is 428. The van der Waals surface area contributed by atoms with Crippen molar-refractivity contribution in [2.45, 2.75) is 52.2 Å². The summed E-state index contributed by atoms with van der Waals surface area (Å²) in [5.41, 5.74) is 2.16. The van der Waals surface area contributed by atoms with E-state index in [1.54, 1.807) is 0 Å². The van der Waals surface area contributed by atoms with Gasteiger partial charge in [0.2, 0.25) is 0 Å². The summed E-state index contributed by atoms with van der Waals surface area (Å²) in [6.45, 7) is 6.68. The first-order valence-electron chi connectivity index (χ1n) is 7.67. The number of aliphatic hydroxyl groups excluding tert-OH is 1. The molecule has 1 rings (SSSR count). The first-order chi connectivity index (χ1) is 9.93. The zero-order valence-electron chi connectivity index (χ0n) is 13.2. The van der Waals surface area contributed by atoms with Crippen molar-refractivity contribution in [2.75, 3.05) is 6.54 Å². The van der Waals surface area contributed by atoms with E-state index in [1.165, 1.54) is 5.56 Å². The fourth-order valence-corrected chi connectivity index (χ4v) is 2.31. The van der Waals surface area contributed by atoms with Gasteiger partial charge in [0.15, 0.2) is 0 Å².